The van der Waals surface area contributed by atoms with Crippen LogP contribution in [-0.4, -0.2) is 17.1 Å². The van der Waals surface area contributed by atoms with E-state index in [1.165, 1.54) is 0 Å². The van der Waals surface area contributed by atoms with E-state index >= 15 is 0 Å². The Morgan fingerprint density at radius 3 is 2.78 bits per heavy atom. The van der Waals surface area contributed by atoms with Crippen molar-refractivity contribution in [3.63, 3.8) is 0 Å². The predicted octanol–water partition coefficient (Wildman–Crippen LogP) is 3.23. The molecule has 1 amide bonds. The lowest BCUT2D eigenvalue weighted by Crippen LogP contribution is -2.43. The molecule has 0 spiro atoms. The summed E-state index contributed by atoms with van der Waals surface area (Å²) in [6.07, 6.45) is 3.77. The lowest BCUT2D eigenvalue weighted by Gasteiger charge is -2.36. The predicted molar refractivity (Wildman–Crippen MR) is 73.8 cm³/mol. The van der Waals surface area contributed by atoms with Crippen molar-refractivity contribution >= 4 is 27.5 Å². The fourth-order valence-corrected chi connectivity index (χ4v) is 3.02. The minimum absolute atomic E-state index is 0.212. The highest BCUT2D eigenvalue weighted by molar-refractivity contribution is 9.10. The van der Waals surface area contributed by atoms with Crippen LogP contribution in [0.25, 0.3) is 0 Å². The summed E-state index contributed by atoms with van der Waals surface area (Å²) >= 11 is 3.33. The van der Waals surface area contributed by atoms with Gasteiger partial charge in [0.1, 0.15) is 5.75 Å². The van der Waals surface area contributed by atoms with Crippen LogP contribution in [0.15, 0.2) is 16.6 Å². The van der Waals surface area contributed by atoms with Gasteiger partial charge in [-0.1, -0.05) is 0 Å². The Balaban J connectivity index is 2.06. The molecule has 1 N–H and O–H groups in total. The molecule has 4 heteroatoms. The topological polar surface area (TPSA) is 40.5 Å². The van der Waals surface area contributed by atoms with E-state index in [0.29, 0.717) is 4.47 Å². The first-order valence-electron chi connectivity index (χ1n) is 6.43. The quantitative estimate of drug-likeness (QED) is 0.865. The van der Waals surface area contributed by atoms with Crippen molar-refractivity contribution in [3.05, 3.63) is 22.2 Å². The van der Waals surface area contributed by atoms with Crippen LogP contribution in [0, 0.1) is 5.92 Å². The highest BCUT2D eigenvalue weighted by Crippen LogP contribution is 2.42. The van der Waals surface area contributed by atoms with Crippen molar-refractivity contribution in [3.8, 4) is 5.75 Å². The molecule has 3 nitrogen and oxygen atoms in total. The Morgan fingerprint density at radius 1 is 1.39 bits per heavy atom. The molecule has 0 bridgehead atoms. The van der Waals surface area contributed by atoms with E-state index in [2.05, 4.69) is 22.9 Å². The van der Waals surface area contributed by atoms with Gasteiger partial charge >= 0.3 is 0 Å². The maximum absolute atomic E-state index is 12.4. The molecule has 96 valence electrons. The first kappa shape index (κ1) is 12.0. The van der Waals surface area contributed by atoms with Crippen LogP contribution in [0.1, 0.15) is 31.7 Å². The van der Waals surface area contributed by atoms with Gasteiger partial charge in [0, 0.05) is 17.5 Å². The van der Waals surface area contributed by atoms with E-state index in [1.807, 2.05) is 17.0 Å². The molecule has 1 unspecified atom stereocenters. The van der Waals surface area contributed by atoms with Gasteiger partial charge in [-0.05, 0) is 60.7 Å². The van der Waals surface area contributed by atoms with Gasteiger partial charge in [-0.25, -0.2) is 0 Å². The number of phenolic OH excluding ortho intramolecular Hbond substituents is 1. The molecule has 1 heterocycles. The fourth-order valence-electron chi connectivity index (χ4n) is 2.65. The normalized spacial score (nSPS) is 22.8. The molecule has 3 rings (SSSR count). The molecule has 0 aromatic heterocycles. The summed E-state index contributed by atoms with van der Waals surface area (Å²) < 4.78 is 0.703. The zero-order valence-electron chi connectivity index (χ0n) is 10.3. The number of amides is 1. The van der Waals surface area contributed by atoms with E-state index < -0.39 is 0 Å². The number of fused-ring (bicyclic) bond motifs is 1. The standard InChI is InChI=1S/C14H16BrNO2/c1-8-2-5-10-12(7-6-11(15)13(10)17)16(8)14(18)9-3-4-9/h6-9,17H,2-5H2,1H3. The molecule has 1 aromatic carbocycles. The Morgan fingerprint density at radius 2 is 2.11 bits per heavy atom. The van der Waals surface area contributed by atoms with Crippen LogP contribution < -0.4 is 4.90 Å². The van der Waals surface area contributed by atoms with Gasteiger partial charge in [0.2, 0.25) is 5.91 Å². The third kappa shape index (κ3) is 1.83. The van der Waals surface area contributed by atoms with Crippen molar-refractivity contribution in [1.29, 1.82) is 0 Å². The summed E-state index contributed by atoms with van der Waals surface area (Å²) in [4.78, 5) is 14.3. The number of rotatable bonds is 1. The van der Waals surface area contributed by atoms with E-state index in [0.717, 1.165) is 36.9 Å². The highest BCUT2D eigenvalue weighted by Gasteiger charge is 2.38. The lowest BCUT2D eigenvalue weighted by molar-refractivity contribution is -0.120. The van der Waals surface area contributed by atoms with Gasteiger partial charge in [0.15, 0.2) is 0 Å². The van der Waals surface area contributed by atoms with Gasteiger partial charge < -0.3 is 10.0 Å². The van der Waals surface area contributed by atoms with Crippen LogP contribution in [0.3, 0.4) is 0 Å². The summed E-state index contributed by atoms with van der Waals surface area (Å²) in [5, 5.41) is 10.1. The summed E-state index contributed by atoms with van der Waals surface area (Å²) in [5.74, 6) is 0.724. The second kappa shape index (κ2) is 4.26. The van der Waals surface area contributed by atoms with Gasteiger partial charge in [0.25, 0.3) is 0 Å². The van der Waals surface area contributed by atoms with Crippen molar-refractivity contribution in [1.82, 2.24) is 0 Å². The summed E-state index contributed by atoms with van der Waals surface area (Å²) in [6, 6.07) is 3.99. The average molecular weight is 310 g/mol. The molecular weight excluding hydrogens is 294 g/mol. The number of nitrogens with zero attached hydrogens (tertiary/aromatic N) is 1. The zero-order chi connectivity index (χ0) is 12.9. The maximum atomic E-state index is 12.4. The molecule has 1 aliphatic heterocycles. The lowest BCUT2D eigenvalue weighted by atomic mass is 9.95. The Kier molecular flexibility index (Phi) is 2.85. The zero-order valence-corrected chi connectivity index (χ0v) is 11.9. The van der Waals surface area contributed by atoms with E-state index in [9.17, 15) is 9.90 Å². The van der Waals surface area contributed by atoms with Crippen molar-refractivity contribution in [2.45, 2.75) is 38.6 Å². The van der Waals surface area contributed by atoms with E-state index in [1.54, 1.807) is 0 Å². The molecule has 1 saturated carbocycles. The molecule has 2 aliphatic rings. The van der Waals surface area contributed by atoms with E-state index in [4.69, 9.17) is 0 Å². The molecule has 1 atom stereocenters. The Bertz CT molecular complexity index is 511. The van der Waals surface area contributed by atoms with E-state index in [-0.39, 0.29) is 23.6 Å². The largest absolute Gasteiger partial charge is 0.506 e. The van der Waals surface area contributed by atoms with Crippen molar-refractivity contribution in [2.24, 2.45) is 5.92 Å². The first-order chi connectivity index (χ1) is 8.59. The summed E-state index contributed by atoms with van der Waals surface area (Å²) in [5.41, 5.74) is 1.79. The smallest absolute Gasteiger partial charge is 0.230 e. The van der Waals surface area contributed by atoms with Crippen LogP contribution in [0.5, 0.6) is 5.75 Å². The third-order valence-electron chi connectivity index (χ3n) is 3.89. The third-order valence-corrected chi connectivity index (χ3v) is 4.53. The Hall–Kier alpha value is -1.03. The summed E-state index contributed by atoms with van der Waals surface area (Å²) in [6.45, 7) is 2.09. The van der Waals surface area contributed by atoms with Gasteiger partial charge in [0.05, 0.1) is 10.2 Å². The summed E-state index contributed by atoms with van der Waals surface area (Å²) in [7, 11) is 0. The van der Waals surface area contributed by atoms with Crippen molar-refractivity contribution in [2.75, 3.05) is 4.90 Å². The first-order valence-corrected chi connectivity index (χ1v) is 7.22. The molecule has 0 radical (unpaired) electrons. The second-order valence-electron chi connectivity index (χ2n) is 5.26. The number of halogens is 1. The number of benzene rings is 1. The molecule has 0 saturated heterocycles. The number of hydrogen-bond donors (Lipinski definition) is 1. The number of carbonyl (C=O) groups is 1. The number of carbonyl (C=O) groups excluding carboxylic acids is 1. The van der Waals surface area contributed by atoms with Gasteiger partial charge in [-0.2, -0.15) is 0 Å². The van der Waals surface area contributed by atoms with Crippen molar-refractivity contribution < 1.29 is 9.90 Å². The number of hydrogen-bond acceptors (Lipinski definition) is 2. The van der Waals surface area contributed by atoms with Gasteiger partial charge in [-0.3, -0.25) is 4.79 Å². The molecule has 1 fully saturated rings. The van der Waals surface area contributed by atoms with Gasteiger partial charge in [-0.15, -0.1) is 0 Å². The molecule has 1 aromatic rings. The Labute approximate surface area is 115 Å². The molecule has 18 heavy (non-hydrogen) atoms. The minimum atomic E-state index is 0.212. The number of aromatic hydroxyl groups is 1. The fraction of sp³-hybridized carbons (Fsp3) is 0.500. The SMILES string of the molecule is CC1CCc2c(ccc(Br)c2O)N1C(=O)C1CC1. The minimum Gasteiger partial charge on any atom is -0.506 e. The number of anilines is 1. The second-order valence-corrected chi connectivity index (χ2v) is 6.12. The molecular formula is C14H16BrNO2. The highest BCUT2D eigenvalue weighted by atomic mass is 79.9. The average Bonchev–Trinajstić information content (AvgIpc) is 3.17. The molecule has 1 aliphatic carbocycles. The van der Waals surface area contributed by atoms with Crippen LogP contribution in [-0.2, 0) is 11.2 Å². The maximum Gasteiger partial charge on any atom is 0.230 e. The van der Waals surface area contributed by atoms with Crippen LogP contribution >= 0.6 is 15.9 Å². The monoisotopic (exact) mass is 309 g/mol. The van der Waals surface area contributed by atoms with Crippen LogP contribution in [0.4, 0.5) is 5.69 Å². The number of phenols is 1. The van der Waals surface area contributed by atoms with Crippen LogP contribution in [0.2, 0.25) is 0 Å².